The van der Waals surface area contributed by atoms with Crippen molar-refractivity contribution in [3.8, 4) is 0 Å². The minimum Gasteiger partial charge on any atom is -0.340 e. The Bertz CT molecular complexity index is 478. The minimum atomic E-state index is -0.461. The second-order valence-corrected chi connectivity index (χ2v) is 6.59. The summed E-state index contributed by atoms with van der Waals surface area (Å²) in [6.45, 7) is 11.2. The molecule has 0 spiro atoms. The average Bonchev–Trinajstić information content (AvgIpc) is 2.90. The van der Waals surface area contributed by atoms with E-state index in [1.807, 2.05) is 38.1 Å². The van der Waals surface area contributed by atoms with Gasteiger partial charge in [-0.15, -0.1) is 11.6 Å². The number of imidazole rings is 1. The van der Waals surface area contributed by atoms with Gasteiger partial charge in [0.2, 0.25) is 5.91 Å². The number of halogens is 1. The highest BCUT2D eigenvalue weighted by Crippen LogP contribution is 2.21. The summed E-state index contributed by atoms with van der Waals surface area (Å²) in [7, 11) is 0. The summed E-state index contributed by atoms with van der Waals surface area (Å²) in [6, 6.07) is 0. The number of aryl methyl sites for hydroxylation is 1. The first-order valence-electron chi connectivity index (χ1n) is 7.49. The lowest BCUT2D eigenvalue weighted by Gasteiger charge is -2.38. The third kappa shape index (κ3) is 3.98. The van der Waals surface area contributed by atoms with Gasteiger partial charge >= 0.3 is 0 Å². The number of carbonyl (C=O) groups excluding carboxylic acids is 1. The van der Waals surface area contributed by atoms with Crippen molar-refractivity contribution in [2.45, 2.75) is 27.3 Å². The molecule has 1 aromatic rings. The van der Waals surface area contributed by atoms with Gasteiger partial charge in [-0.3, -0.25) is 9.69 Å². The normalized spacial score (nSPS) is 17.2. The van der Waals surface area contributed by atoms with Crippen LogP contribution in [0.5, 0.6) is 0 Å². The largest absolute Gasteiger partial charge is 0.340 e. The summed E-state index contributed by atoms with van der Waals surface area (Å²) in [5, 5.41) is 0. The molecule has 0 aliphatic carbocycles. The summed E-state index contributed by atoms with van der Waals surface area (Å²) in [4.78, 5) is 20.9. The van der Waals surface area contributed by atoms with Gasteiger partial charge < -0.3 is 9.47 Å². The van der Waals surface area contributed by atoms with Crippen LogP contribution in [-0.4, -0.2) is 63.9 Å². The lowest BCUT2D eigenvalue weighted by molar-refractivity contribution is -0.141. The Morgan fingerprint density at radius 3 is 2.48 bits per heavy atom. The van der Waals surface area contributed by atoms with Crippen molar-refractivity contribution in [3.63, 3.8) is 0 Å². The van der Waals surface area contributed by atoms with Crippen LogP contribution >= 0.6 is 11.6 Å². The fourth-order valence-electron chi connectivity index (χ4n) is 2.55. The van der Waals surface area contributed by atoms with E-state index in [0.717, 1.165) is 45.1 Å². The summed E-state index contributed by atoms with van der Waals surface area (Å²) in [5.41, 5.74) is -0.461. The van der Waals surface area contributed by atoms with Crippen molar-refractivity contribution in [3.05, 3.63) is 18.2 Å². The molecule has 5 nitrogen and oxygen atoms in total. The van der Waals surface area contributed by atoms with Crippen LogP contribution in [0.1, 0.15) is 19.7 Å². The minimum absolute atomic E-state index is 0.169. The highest BCUT2D eigenvalue weighted by Gasteiger charge is 2.32. The highest BCUT2D eigenvalue weighted by atomic mass is 35.5. The zero-order valence-corrected chi connectivity index (χ0v) is 13.9. The van der Waals surface area contributed by atoms with Crippen LogP contribution < -0.4 is 0 Å². The van der Waals surface area contributed by atoms with Crippen molar-refractivity contribution < 1.29 is 4.79 Å². The van der Waals surface area contributed by atoms with Crippen molar-refractivity contribution in [2.75, 3.05) is 38.6 Å². The number of aromatic nitrogens is 2. The number of amides is 1. The Hall–Kier alpha value is -1.07. The predicted octanol–water partition coefficient (Wildman–Crippen LogP) is 1.60. The highest BCUT2D eigenvalue weighted by molar-refractivity contribution is 6.19. The molecule has 0 atom stereocenters. The van der Waals surface area contributed by atoms with Crippen molar-refractivity contribution >= 4 is 17.5 Å². The topological polar surface area (TPSA) is 41.4 Å². The molecule has 1 amide bonds. The molecule has 0 saturated carbocycles. The molecule has 1 aromatic heterocycles. The standard InChI is InChI=1S/C15H25ClN4O/c1-13-17-4-5-19(13)9-6-18-7-10-20(11-8-18)14(21)15(2,3)12-16/h4-5H,6-12H2,1-3H3. The molecule has 1 aliphatic heterocycles. The second-order valence-electron chi connectivity index (χ2n) is 6.32. The van der Waals surface area contributed by atoms with Crippen LogP contribution in [0.25, 0.3) is 0 Å². The Kier molecular flexibility index (Phi) is 5.27. The molecular formula is C15H25ClN4O. The van der Waals surface area contributed by atoms with Gasteiger partial charge in [0.1, 0.15) is 5.82 Å². The molecule has 0 radical (unpaired) electrons. The van der Waals surface area contributed by atoms with Crippen LogP contribution in [0.4, 0.5) is 0 Å². The fourth-order valence-corrected chi connectivity index (χ4v) is 2.66. The van der Waals surface area contributed by atoms with Crippen LogP contribution in [0.15, 0.2) is 12.4 Å². The van der Waals surface area contributed by atoms with E-state index in [1.165, 1.54) is 0 Å². The van der Waals surface area contributed by atoms with E-state index in [0.29, 0.717) is 5.88 Å². The van der Waals surface area contributed by atoms with E-state index in [4.69, 9.17) is 11.6 Å². The Labute approximate surface area is 131 Å². The molecule has 2 heterocycles. The zero-order chi connectivity index (χ0) is 15.5. The van der Waals surface area contributed by atoms with E-state index in [9.17, 15) is 4.79 Å². The summed E-state index contributed by atoms with van der Waals surface area (Å²) in [6.07, 6.45) is 3.85. The number of hydrogen-bond acceptors (Lipinski definition) is 3. The van der Waals surface area contributed by atoms with Gasteiger partial charge in [0.05, 0.1) is 5.41 Å². The second kappa shape index (κ2) is 6.79. The van der Waals surface area contributed by atoms with Gasteiger partial charge in [-0.25, -0.2) is 4.98 Å². The number of hydrogen-bond donors (Lipinski definition) is 0. The van der Waals surface area contributed by atoms with E-state index < -0.39 is 5.41 Å². The summed E-state index contributed by atoms with van der Waals surface area (Å²) in [5.74, 6) is 1.58. The van der Waals surface area contributed by atoms with Crippen LogP contribution in [0, 0.1) is 12.3 Å². The van der Waals surface area contributed by atoms with E-state index in [1.54, 1.807) is 0 Å². The average molecular weight is 313 g/mol. The number of carbonyl (C=O) groups is 1. The van der Waals surface area contributed by atoms with Crippen LogP contribution in [0.3, 0.4) is 0 Å². The smallest absolute Gasteiger partial charge is 0.229 e. The van der Waals surface area contributed by atoms with E-state index in [-0.39, 0.29) is 5.91 Å². The molecule has 21 heavy (non-hydrogen) atoms. The lowest BCUT2D eigenvalue weighted by atomic mass is 9.94. The van der Waals surface area contributed by atoms with E-state index in [2.05, 4.69) is 14.5 Å². The maximum atomic E-state index is 12.4. The first kappa shape index (κ1) is 16.3. The molecule has 118 valence electrons. The lowest BCUT2D eigenvalue weighted by Crippen LogP contribution is -2.52. The van der Waals surface area contributed by atoms with Gasteiger partial charge in [-0.1, -0.05) is 0 Å². The van der Waals surface area contributed by atoms with Crippen LogP contribution in [0.2, 0.25) is 0 Å². The summed E-state index contributed by atoms with van der Waals surface area (Å²) >= 11 is 5.89. The molecule has 6 heteroatoms. The Morgan fingerprint density at radius 1 is 1.29 bits per heavy atom. The molecule has 1 fully saturated rings. The van der Waals surface area contributed by atoms with E-state index >= 15 is 0 Å². The number of alkyl halides is 1. The molecular weight excluding hydrogens is 288 g/mol. The quantitative estimate of drug-likeness (QED) is 0.776. The van der Waals surface area contributed by atoms with Gasteiger partial charge in [0.25, 0.3) is 0 Å². The van der Waals surface area contributed by atoms with Gasteiger partial charge in [-0.05, 0) is 20.8 Å². The monoisotopic (exact) mass is 312 g/mol. The van der Waals surface area contributed by atoms with Gasteiger partial charge in [-0.2, -0.15) is 0 Å². The molecule has 0 N–H and O–H groups in total. The third-order valence-electron chi connectivity index (χ3n) is 4.15. The molecule has 1 aliphatic rings. The van der Waals surface area contributed by atoms with Crippen LogP contribution in [-0.2, 0) is 11.3 Å². The van der Waals surface area contributed by atoms with Crippen molar-refractivity contribution in [1.82, 2.24) is 19.4 Å². The number of piperazine rings is 1. The number of nitrogens with zero attached hydrogens (tertiary/aromatic N) is 4. The molecule has 0 aromatic carbocycles. The first-order chi connectivity index (χ1) is 9.94. The van der Waals surface area contributed by atoms with Crippen molar-refractivity contribution in [1.29, 1.82) is 0 Å². The molecule has 2 rings (SSSR count). The molecule has 0 bridgehead atoms. The SMILES string of the molecule is Cc1nccn1CCN1CCN(C(=O)C(C)(C)CCl)CC1. The summed E-state index contributed by atoms with van der Waals surface area (Å²) < 4.78 is 2.16. The predicted molar refractivity (Wildman–Crippen MR) is 84.5 cm³/mol. The molecule has 1 saturated heterocycles. The van der Waals surface area contributed by atoms with Gasteiger partial charge in [0, 0.05) is 57.5 Å². The fraction of sp³-hybridized carbons (Fsp3) is 0.733. The molecule has 0 unspecified atom stereocenters. The van der Waals surface area contributed by atoms with Gasteiger partial charge in [0.15, 0.2) is 0 Å². The third-order valence-corrected chi connectivity index (χ3v) is 4.82. The number of rotatable bonds is 5. The Balaban J connectivity index is 1.78. The van der Waals surface area contributed by atoms with Crippen molar-refractivity contribution in [2.24, 2.45) is 5.41 Å². The maximum Gasteiger partial charge on any atom is 0.229 e. The Morgan fingerprint density at radius 2 is 1.95 bits per heavy atom. The maximum absolute atomic E-state index is 12.4. The zero-order valence-electron chi connectivity index (χ0n) is 13.2. The first-order valence-corrected chi connectivity index (χ1v) is 8.03.